The summed E-state index contributed by atoms with van der Waals surface area (Å²) in [4.78, 5) is 25.7. The molecule has 0 saturated heterocycles. The molecule has 196 valence electrons. The van der Waals surface area contributed by atoms with Gasteiger partial charge in [0.25, 0.3) is 0 Å². The van der Waals surface area contributed by atoms with Crippen LogP contribution in [0, 0.1) is 23.2 Å². The third-order valence-corrected chi connectivity index (χ3v) is 10.3. The molecule has 0 radical (unpaired) electrons. The Morgan fingerprint density at radius 2 is 2.06 bits per heavy atom. The van der Waals surface area contributed by atoms with E-state index in [0.717, 1.165) is 50.5 Å². The van der Waals surface area contributed by atoms with Gasteiger partial charge in [-0.15, -0.1) is 6.58 Å². The minimum Gasteiger partial charge on any atom is -0.460 e. The Kier molecular flexibility index (Phi) is 12.2. The second-order valence-electron chi connectivity index (χ2n) is 10.6. The quantitative estimate of drug-likeness (QED) is 0.111. The summed E-state index contributed by atoms with van der Waals surface area (Å²) in [6.07, 6.45) is 11.4. The fourth-order valence-corrected chi connectivity index (χ4v) is 7.22. The minimum absolute atomic E-state index is 0.00214. The zero-order chi connectivity index (χ0) is 26.0. The van der Waals surface area contributed by atoms with Crippen LogP contribution in [-0.4, -0.2) is 29.8 Å². The van der Waals surface area contributed by atoms with Crippen LogP contribution in [0.3, 0.4) is 0 Å². The molecule has 1 N–H and O–H groups in total. The average molecular weight is 520 g/mol. The molecule has 0 bridgehead atoms. The van der Waals surface area contributed by atoms with Crippen molar-refractivity contribution in [3.05, 3.63) is 48.4 Å². The molecule has 6 heteroatoms. The second-order valence-corrected chi connectivity index (χ2v) is 13.0. The summed E-state index contributed by atoms with van der Waals surface area (Å²) in [5.41, 5.74) is 2.05. The maximum absolute atomic E-state index is 13.0. The van der Waals surface area contributed by atoms with Gasteiger partial charge in [-0.1, -0.05) is 86.1 Å². The molecule has 1 fully saturated rings. The van der Waals surface area contributed by atoms with Gasteiger partial charge in [-0.2, -0.15) is 0 Å². The topological polar surface area (TPSA) is 55.4 Å². The Bertz CT molecular complexity index is 808. The van der Waals surface area contributed by atoms with E-state index in [0.29, 0.717) is 17.6 Å². The Morgan fingerprint density at radius 1 is 1.31 bits per heavy atom. The molecule has 2 rings (SSSR count). The van der Waals surface area contributed by atoms with E-state index in [1.54, 1.807) is 10.8 Å². The number of unbranched alkanes of at least 4 members (excludes halogenated alkanes) is 1. The van der Waals surface area contributed by atoms with Crippen LogP contribution >= 0.6 is 21.6 Å². The van der Waals surface area contributed by atoms with E-state index in [-0.39, 0.29) is 35.7 Å². The van der Waals surface area contributed by atoms with Crippen LogP contribution in [0.1, 0.15) is 79.1 Å². The first-order valence-electron chi connectivity index (χ1n) is 13.0. The van der Waals surface area contributed by atoms with Crippen LogP contribution in [0.15, 0.2) is 48.4 Å². The number of hydrogen-bond donors (Lipinski definition) is 1. The zero-order valence-corrected chi connectivity index (χ0v) is 23.8. The first-order valence-corrected chi connectivity index (χ1v) is 15.3. The van der Waals surface area contributed by atoms with Crippen LogP contribution in [0.25, 0.3) is 0 Å². The lowest BCUT2D eigenvalue weighted by molar-refractivity contribution is -0.148. The fourth-order valence-electron chi connectivity index (χ4n) is 4.96. The van der Waals surface area contributed by atoms with Crippen molar-refractivity contribution in [3.8, 4) is 0 Å². The van der Waals surface area contributed by atoms with Gasteiger partial charge >= 0.3 is 5.97 Å². The summed E-state index contributed by atoms with van der Waals surface area (Å²) in [6.45, 7) is 21.0. The van der Waals surface area contributed by atoms with Crippen LogP contribution in [0.4, 0.5) is 0 Å². The van der Waals surface area contributed by atoms with E-state index in [9.17, 15) is 9.59 Å². The normalized spacial score (nSPS) is 27.6. The third-order valence-electron chi connectivity index (χ3n) is 7.86. The maximum atomic E-state index is 13.0. The number of nitrogens with one attached hydrogen (secondary N) is 1. The van der Waals surface area contributed by atoms with Gasteiger partial charge in [-0.25, -0.2) is 4.79 Å². The predicted molar refractivity (Wildman–Crippen MR) is 152 cm³/mol. The number of hydrogen-bond acceptors (Lipinski definition) is 5. The highest BCUT2D eigenvalue weighted by Crippen LogP contribution is 2.48. The number of rotatable bonds is 14. The highest BCUT2D eigenvalue weighted by atomic mass is 33.1. The Labute approximate surface area is 221 Å². The number of carbonyl (C=O) groups excluding carboxylic acids is 2. The molecule has 1 aliphatic carbocycles. The van der Waals surface area contributed by atoms with Gasteiger partial charge in [0.2, 0.25) is 5.91 Å². The lowest BCUT2D eigenvalue weighted by atomic mass is 9.61. The number of ether oxygens (including phenoxy) is 1. The number of allylic oxidation sites excluding steroid dienone is 2. The molecule has 1 amide bonds. The monoisotopic (exact) mass is 519 g/mol. The van der Waals surface area contributed by atoms with Gasteiger partial charge in [0, 0.05) is 11.7 Å². The Balaban J connectivity index is 1.89. The summed E-state index contributed by atoms with van der Waals surface area (Å²) < 4.78 is 5.75. The van der Waals surface area contributed by atoms with E-state index in [1.165, 1.54) is 5.57 Å². The van der Waals surface area contributed by atoms with Crippen molar-refractivity contribution < 1.29 is 14.3 Å². The maximum Gasteiger partial charge on any atom is 0.329 e. The molecule has 0 aromatic rings. The van der Waals surface area contributed by atoms with Crippen molar-refractivity contribution >= 4 is 33.5 Å². The van der Waals surface area contributed by atoms with Crippen molar-refractivity contribution in [1.29, 1.82) is 0 Å². The van der Waals surface area contributed by atoms with Gasteiger partial charge in [0.1, 0.15) is 12.6 Å². The lowest BCUT2D eigenvalue weighted by Crippen LogP contribution is -2.46. The number of amides is 1. The molecule has 2 aliphatic rings. The fraction of sp³-hybridized carbons (Fsp3) is 0.655. The third kappa shape index (κ3) is 8.89. The van der Waals surface area contributed by atoms with Gasteiger partial charge in [0.15, 0.2) is 0 Å². The van der Waals surface area contributed by atoms with Crippen molar-refractivity contribution in [2.45, 2.75) is 90.4 Å². The van der Waals surface area contributed by atoms with Crippen molar-refractivity contribution in [1.82, 2.24) is 5.32 Å². The molecular weight excluding hydrogens is 474 g/mol. The van der Waals surface area contributed by atoms with E-state index in [4.69, 9.17) is 4.74 Å². The lowest BCUT2D eigenvalue weighted by Gasteiger charge is -2.44. The molecule has 0 aromatic carbocycles. The molecule has 0 aromatic heterocycles. The van der Waals surface area contributed by atoms with E-state index < -0.39 is 6.04 Å². The van der Waals surface area contributed by atoms with Gasteiger partial charge in [-0.05, 0) is 73.2 Å². The number of carbonyl (C=O) groups is 2. The summed E-state index contributed by atoms with van der Waals surface area (Å²) in [7, 11) is 3.64. The molecule has 0 spiro atoms. The van der Waals surface area contributed by atoms with Crippen molar-refractivity contribution in [2.75, 3.05) is 6.61 Å². The highest BCUT2D eigenvalue weighted by Gasteiger charge is 2.40. The SMILES string of the molecule is C=C[C@]1(C)CC[C@@H](C(=C)C)C[C@H]1C(=C)COC(=O)C(NC(=O)CCCCC1C=CSS1)C(C)CC. The first-order chi connectivity index (χ1) is 16.6. The highest BCUT2D eigenvalue weighted by molar-refractivity contribution is 8.78. The van der Waals surface area contributed by atoms with E-state index in [1.807, 2.05) is 30.7 Å². The number of esters is 1. The molecular formula is C29H45NO3S2. The Morgan fingerprint density at radius 3 is 2.66 bits per heavy atom. The molecule has 6 atom stereocenters. The summed E-state index contributed by atoms with van der Waals surface area (Å²) in [5.74, 6) is 0.190. The van der Waals surface area contributed by atoms with Gasteiger partial charge in [0.05, 0.1) is 0 Å². The van der Waals surface area contributed by atoms with Crippen LogP contribution in [-0.2, 0) is 14.3 Å². The van der Waals surface area contributed by atoms with Crippen molar-refractivity contribution in [2.24, 2.45) is 23.2 Å². The molecule has 4 nitrogen and oxygen atoms in total. The summed E-state index contributed by atoms with van der Waals surface area (Å²) >= 11 is 0. The predicted octanol–water partition coefficient (Wildman–Crippen LogP) is 7.64. The largest absolute Gasteiger partial charge is 0.460 e. The van der Waals surface area contributed by atoms with Gasteiger partial charge in [-0.3, -0.25) is 4.79 Å². The Hall–Kier alpha value is -1.40. The van der Waals surface area contributed by atoms with Crippen molar-refractivity contribution in [3.63, 3.8) is 0 Å². The summed E-state index contributed by atoms with van der Waals surface area (Å²) in [5, 5.41) is 5.64. The minimum atomic E-state index is -0.634. The first kappa shape index (κ1) is 29.8. The smallest absolute Gasteiger partial charge is 0.329 e. The van der Waals surface area contributed by atoms with Crippen LogP contribution in [0.2, 0.25) is 0 Å². The molecule has 3 unspecified atom stereocenters. The molecule has 1 aliphatic heterocycles. The van der Waals surface area contributed by atoms with E-state index in [2.05, 4.69) is 50.4 Å². The van der Waals surface area contributed by atoms with E-state index >= 15 is 0 Å². The van der Waals surface area contributed by atoms with Crippen LogP contribution in [0.5, 0.6) is 0 Å². The summed E-state index contributed by atoms with van der Waals surface area (Å²) in [6, 6.07) is -0.634. The molecule has 1 heterocycles. The molecule has 35 heavy (non-hydrogen) atoms. The zero-order valence-electron chi connectivity index (χ0n) is 22.1. The average Bonchev–Trinajstić information content (AvgIpc) is 3.36. The van der Waals surface area contributed by atoms with Crippen LogP contribution < -0.4 is 5.32 Å². The second kappa shape index (κ2) is 14.4. The standard InChI is InChI=1S/C29H45NO3S2/c1-8-21(5)27(30-26(31)13-11-10-12-24-15-17-34-35-24)28(32)33-19-22(6)25-18-23(20(3)4)14-16-29(25,7)9-2/h9,15,17,21,23-25,27H,2-3,6,8,10-14,16,18-19H2,1,4-5,7H3,(H,30,31)/t21?,23-,24?,25+,27?,29-/m1/s1. The molecule has 1 saturated carbocycles. The van der Waals surface area contributed by atoms with Gasteiger partial charge < -0.3 is 10.1 Å².